The highest BCUT2D eigenvalue weighted by molar-refractivity contribution is 5.91. The molecule has 0 atom stereocenters. The number of nitrogens with zero attached hydrogens (tertiary/aromatic N) is 3. The fourth-order valence-electron chi connectivity index (χ4n) is 2.85. The second-order valence-electron chi connectivity index (χ2n) is 5.56. The van der Waals surface area contributed by atoms with Crippen molar-refractivity contribution < 1.29 is 9.47 Å². The first kappa shape index (κ1) is 14.3. The van der Waals surface area contributed by atoms with Crippen molar-refractivity contribution in [2.75, 3.05) is 13.2 Å². The van der Waals surface area contributed by atoms with Gasteiger partial charge in [0.05, 0.1) is 16.6 Å². The summed E-state index contributed by atoms with van der Waals surface area (Å²) in [5.74, 6) is 2.09. The predicted octanol–water partition coefficient (Wildman–Crippen LogP) is 3.41. The van der Waals surface area contributed by atoms with Crippen LogP contribution in [0.4, 0.5) is 0 Å². The Labute approximate surface area is 139 Å². The molecule has 3 aromatic rings. The summed E-state index contributed by atoms with van der Waals surface area (Å²) in [4.78, 5) is 4.58. The van der Waals surface area contributed by atoms with Crippen LogP contribution in [0.15, 0.2) is 42.5 Å². The number of fused-ring (bicyclic) bond motifs is 2. The summed E-state index contributed by atoms with van der Waals surface area (Å²) in [7, 11) is 1.92. The number of nitriles is 1. The zero-order valence-corrected chi connectivity index (χ0v) is 13.2. The maximum absolute atomic E-state index is 9.60. The second kappa shape index (κ2) is 5.74. The van der Waals surface area contributed by atoms with Crippen molar-refractivity contribution >= 4 is 22.7 Å². The number of allylic oxidation sites excluding steroid dienone is 1. The molecule has 1 aliphatic heterocycles. The average molecular weight is 317 g/mol. The van der Waals surface area contributed by atoms with Gasteiger partial charge in [0.25, 0.3) is 0 Å². The number of imidazole rings is 1. The standard InChI is InChI=1S/C19H15N3O2/c1-22-16-5-3-2-4-15(16)21-19(22)14(12-20)10-13-6-7-17-18(11-13)24-9-8-23-17/h2-7,10-11H,8-9H2,1H3/b14-10+. The van der Waals surface area contributed by atoms with Gasteiger partial charge in [-0.05, 0) is 35.9 Å². The lowest BCUT2D eigenvalue weighted by Crippen LogP contribution is -2.15. The third-order valence-corrected chi connectivity index (χ3v) is 4.03. The van der Waals surface area contributed by atoms with E-state index in [9.17, 15) is 5.26 Å². The Bertz CT molecular complexity index is 996. The van der Waals surface area contributed by atoms with E-state index in [-0.39, 0.29) is 0 Å². The molecule has 0 saturated heterocycles. The van der Waals surface area contributed by atoms with E-state index in [4.69, 9.17) is 9.47 Å². The molecule has 0 N–H and O–H groups in total. The third-order valence-electron chi connectivity index (χ3n) is 4.03. The Morgan fingerprint density at radius 2 is 1.96 bits per heavy atom. The zero-order chi connectivity index (χ0) is 16.5. The SMILES string of the molecule is Cn1c(/C(C#N)=C/c2ccc3c(c2)OCCO3)nc2ccccc21. The van der Waals surface area contributed by atoms with Crippen LogP contribution in [0, 0.1) is 11.3 Å². The van der Waals surface area contributed by atoms with Crippen molar-refractivity contribution in [1.82, 2.24) is 9.55 Å². The van der Waals surface area contributed by atoms with Crippen molar-refractivity contribution in [2.45, 2.75) is 0 Å². The molecule has 0 saturated carbocycles. The summed E-state index contributed by atoms with van der Waals surface area (Å²) >= 11 is 0. The zero-order valence-electron chi connectivity index (χ0n) is 13.2. The van der Waals surface area contributed by atoms with Gasteiger partial charge in [-0.1, -0.05) is 18.2 Å². The summed E-state index contributed by atoms with van der Waals surface area (Å²) < 4.78 is 13.1. The molecule has 24 heavy (non-hydrogen) atoms. The highest BCUT2D eigenvalue weighted by Gasteiger charge is 2.14. The number of aryl methyl sites for hydroxylation is 1. The van der Waals surface area contributed by atoms with Crippen LogP contribution in [0.25, 0.3) is 22.7 Å². The number of rotatable bonds is 2. The molecule has 0 bridgehead atoms. The van der Waals surface area contributed by atoms with Gasteiger partial charge in [0, 0.05) is 7.05 Å². The maximum Gasteiger partial charge on any atom is 0.161 e. The highest BCUT2D eigenvalue weighted by Crippen LogP contribution is 2.32. The molecule has 5 heteroatoms. The van der Waals surface area contributed by atoms with E-state index in [0.717, 1.165) is 22.3 Å². The first-order chi connectivity index (χ1) is 11.8. The van der Waals surface area contributed by atoms with Crippen LogP contribution >= 0.6 is 0 Å². The van der Waals surface area contributed by atoms with Crippen LogP contribution in [-0.4, -0.2) is 22.8 Å². The molecule has 0 spiro atoms. The molecule has 2 aromatic carbocycles. The third kappa shape index (κ3) is 2.38. The Balaban J connectivity index is 1.79. The molecule has 1 aliphatic rings. The number of ether oxygens (including phenoxy) is 2. The van der Waals surface area contributed by atoms with Crippen LogP contribution in [0.2, 0.25) is 0 Å². The molecule has 0 aliphatic carbocycles. The van der Waals surface area contributed by atoms with Crippen molar-refractivity contribution in [2.24, 2.45) is 7.05 Å². The van der Waals surface area contributed by atoms with E-state index in [1.54, 1.807) is 0 Å². The Hall–Kier alpha value is -3.26. The van der Waals surface area contributed by atoms with E-state index in [1.165, 1.54) is 0 Å². The summed E-state index contributed by atoms with van der Waals surface area (Å²) in [5.41, 5.74) is 3.25. The lowest BCUT2D eigenvalue weighted by Gasteiger charge is -2.18. The Kier molecular flexibility index (Phi) is 3.43. The minimum atomic E-state index is 0.505. The van der Waals surface area contributed by atoms with E-state index in [0.29, 0.717) is 30.4 Å². The topological polar surface area (TPSA) is 60.1 Å². The summed E-state index contributed by atoms with van der Waals surface area (Å²) in [6.07, 6.45) is 1.82. The number of hydrogen-bond acceptors (Lipinski definition) is 4. The minimum Gasteiger partial charge on any atom is -0.486 e. The van der Waals surface area contributed by atoms with Crippen LogP contribution in [0.1, 0.15) is 11.4 Å². The van der Waals surface area contributed by atoms with Gasteiger partial charge in [0.2, 0.25) is 0 Å². The van der Waals surface area contributed by atoms with Crippen molar-refractivity contribution in [3.05, 3.63) is 53.9 Å². The monoisotopic (exact) mass is 317 g/mol. The molecule has 2 heterocycles. The molecule has 118 valence electrons. The molecular formula is C19H15N3O2. The van der Waals surface area contributed by atoms with Crippen molar-refractivity contribution in [3.63, 3.8) is 0 Å². The van der Waals surface area contributed by atoms with Crippen molar-refractivity contribution in [3.8, 4) is 17.6 Å². The fourth-order valence-corrected chi connectivity index (χ4v) is 2.85. The molecule has 4 rings (SSSR count). The number of para-hydroxylation sites is 2. The largest absolute Gasteiger partial charge is 0.486 e. The fraction of sp³-hybridized carbons (Fsp3) is 0.158. The van der Waals surface area contributed by atoms with Gasteiger partial charge in [-0.3, -0.25) is 0 Å². The number of hydrogen-bond donors (Lipinski definition) is 0. The first-order valence-electron chi connectivity index (χ1n) is 7.69. The normalized spacial score (nSPS) is 13.8. The smallest absolute Gasteiger partial charge is 0.161 e. The molecule has 1 aromatic heterocycles. The number of benzene rings is 2. The van der Waals surface area contributed by atoms with Crippen molar-refractivity contribution in [1.29, 1.82) is 5.26 Å². The van der Waals surface area contributed by atoms with Gasteiger partial charge in [-0.2, -0.15) is 5.26 Å². The number of aromatic nitrogens is 2. The van der Waals surface area contributed by atoms with Gasteiger partial charge in [-0.25, -0.2) is 4.98 Å². The summed E-state index contributed by atoms with van der Waals surface area (Å²) in [5, 5.41) is 9.60. The predicted molar refractivity (Wildman–Crippen MR) is 91.6 cm³/mol. The van der Waals surface area contributed by atoms with Gasteiger partial charge < -0.3 is 14.0 Å². The van der Waals surface area contributed by atoms with Crippen LogP contribution < -0.4 is 9.47 Å². The molecule has 0 fully saturated rings. The lowest BCUT2D eigenvalue weighted by atomic mass is 10.1. The van der Waals surface area contributed by atoms with Gasteiger partial charge in [0.1, 0.15) is 19.3 Å². The molecule has 0 radical (unpaired) electrons. The Morgan fingerprint density at radius 1 is 1.17 bits per heavy atom. The van der Waals surface area contributed by atoms with E-state index in [2.05, 4.69) is 11.1 Å². The molecule has 0 unspecified atom stereocenters. The van der Waals surface area contributed by atoms with E-state index >= 15 is 0 Å². The molecule has 5 nitrogen and oxygen atoms in total. The minimum absolute atomic E-state index is 0.505. The first-order valence-corrected chi connectivity index (χ1v) is 7.69. The van der Waals surface area contributed by atoms with Gasteiger partial charge in [-0.15, -0.1) is 0 Å². The molecule has 0 amide bonds. The average Bonchev–Trinajstić information content (AvgIpc) is 2.96. The second-order valence-corrected chi connectivity index (χ2v) is 5.56. The van der Waals surface area contributed by atoms with Gasteiger partial charge in [0.15, 0.2) is 17.3 Å². The summed E-state index contributed by atoms with van der Waals surface area (Å²) in [6, 6.07) is 15.7. The quantitative estimate of drug-likeness (QED) is 0.680. The Morgan fingerprint density at radius 3 is 2.75 bits per heavy atom. The van der Waals surface area contributed by atoms with Crippen LogP contribution in [0.3, 0.4) is 0 Å². The van der Waals surface area contributed by atoms with E-state index < -0.39 is 0 Å². The lowest BCUT2D eigenvalue weighted by molar-refractivity contribution is 0.171. The van der Waals surface area contributed by atoms with Crippen LogP contribution in [0.5, 0.6) is 11.5 Å². The van der Waals surface area contributed by atoms with Gasteiger partial charge >= 0.3 is 0 Å². The summed E-state index contributed by atoms with van der Waals surface area (Å²) in [6.45, 7) is 1.10. The van der Waals surface area contributed by atoms with E-state index in [1.807, 2.05) is 60.2 Å². The maximum atomic E-state index is 9.60. The molecular weight excluding hydrogens is 302 g/mol. The van der Waals surface area contributed by atoms with Crippen LogP contribution in [-0.2, 0) is 7.05 Å². The highest BCUT2D eigenvalue weighted by atomic mass is 16.6.